The van der Waals surface area contributed by atoms with E-state index >= 15 is 0 Å². The molecule has 4 heterocycles. The van der Waals surface area contributed by atoms with Gasteiger partial charge in [0.1, 0.15) is 5.00 Å². The van der Waals surface area contributed by atoms with Crippen molar-refractivity contribution in [1.29, 1.82) is 0 Å². The normalized spacial score (nSPS) is 25.7. The maximum absolute atomic E-state index is 13.3. The van der Waals surface area contributed by atoms with Crippen LogP contribution in [0.5, 0.6) is 0 Å². The number of hydrogen-bond donors (Lipinski definition) is 1. The van der Waals surface area contributed by atoms with E-state index in [-0.39, 0.29) is 30.2 Å². The maximum atomic E-state index is 13.3. The van der Waals surface area contributed by atoms with Gasteiger partial charge in [0.25, 0.3) is 5.91 Å². The van der Waals surface area contributed by atoms with Gasteiger partial charge in [0.2, 0.25) is 11.8 Å². The topological polar surface area (TPSA) is 73.0 Å². The number of nitrogens with zero attached hydrogens (tertiary/aromatic N) is 3. The number of anilines is 1. The van der Waals surface area contributed by atoms with E-state index in [2.05, 4.69) is 10.2 Å². The number of piperidine rings is 1. The van der Waals surface area contributed by atoms with Crippen LogP contribution in [0, 0.1) is 5.92 Å². The van der Waals surface area contributed by atoms with Crippen molar-refractivity contribution < 1.29 is 14.4 Å². The van der Waals surface area contributed by atoms with Crippen LogP contribution in [0.3, 0.4) is 0 Å². The number of carbonyl (C=O) groups is 3. The first-order valence-electron chi connectivity index (χ1n) is 11.2. The molecule has 3 aliphatic heterocycles. The first-order valence-corrected chi connectivity index (χ1v) is 12.1. The highest BCUT2D eigenvalue weighted by atomic mass is 32.1. The Hall–Kier alpha value is -1.93. The lowest BCUT2D eigenvalue weighted by atomic mass is 9.93. The van der Waals surface area contributed by atoms with Gasteiger partial charge >= 0.3 is 0 Å². The molecule has 4 aliphatic rings. The Morgan fingerprint density at radius 1 is 1.07 bits per heavy atom. The highest BCUT2D eigenvalue weighted by Gasteiger charge is 2.37. The second-order valence-corrected chi connectivity index (χ2v) is 10.3. The van der Waals surface area contributed by atoms with E-state index < -0.39 is 0 Å². The molecule has 1 N–H and O–H groups in total. The zero-order valence-electron chi connectivity index (χ0n) is 17.6. The van der Waals surface area contributed by atoms with Crippen molar-refractivity contribution in [2.45, 2.75) is 57.5 Å². The number of thiophene rings is 1. The number of fused-ring (bicyclic) bond motifs is 3. The number of amides is 3. The molecule has 0 radical (unpaired) electrons. The minimum atomic E-state index is -0.162. The molecular weight excluding hydrogens is 400 g/mol. The highest BCUT2D eigenvalue weighted by Crippen LogP contribution is 2.39. The lowest BCUT2D eigenvalue weighted by Gasteiger charge is -2.38. The van der Waals surface area contributed by atoms with Crippen LogP contribution in [-0.2, 0) is 22.6 Å². The molecule has 3 amide bonds. The highest BCUT2D eigenvalue weighted by molar-refractivity contribution is 7.17. The van der Waals surface area contributed by atoms with Gasteiger partial charge in [-0.05, 0) is 44.2 Å². The summed E-state index contributed by atoms with van der Waals surface area (Å²) in [5, 5.41) is 3.54. The van der Waals surface area contributed by atoms with Crippen molar-refractivity contribution in [3.8, 4) is 0 Å². The number of likely N-dealkylation sites (tertiary alicyclic amines) is 1. The van der Waals surface area contributed by atoms with E-state index in [1.54, 1.807) is 7.05 Å². The van der Waals surface area contributed by atoms with E-state index in [1.165, 1.54) is 41.9 Å². The Bertz CT molecular complexity index is 876. The fraction of sp³-hybridized carbons (Fsp3) is 0.682. The van der Waals surface area contributed by atoms with Crippen LogP contribution in [0.15, 0.2) is 0 Å². The van der Waals surface area contributed by atoms with Crippen molar-refractivity contribution in [1.82, 2.24) is 14.7 Å². The Morgan fingerprint density at radius 3 is 2.67 bits per heavy atom. The summed E-state index contributed by atoms with van der Waals surface area (Å²) >= 11 is 1.47. The van der Waals surface area contributed by atoms with Crippen molar-refractivity contribution >= 4 is 34.1 Å². The summed E-state index contributed by atoms with van der Waals surface area (Å²) < 4.78 is 0. The standard InChI is InChI=1S/C22H30N4O3S/c1-24-13-18(27)23-20-19(22(24)29)16-8-10-26(12-17(16)30-20)21(28)14-5-4-9-25(11-14)15-6-2-3-7-15/h14-15H,2-13H2,1H3,(H,23,27). The van der Waals surface area contributed by atoms with Gasteiger partial charge in [0.05, 0.1) is 24.6 Å². The van der Waals surface area contributed by atoms with Crippen molar-refractivity contribution in [3.63, 3.8) is 0 Å². The zero-order chi connectivity index (χ0) is 20.8. The molecule has 0 spiro atoms. The average Bonchev–Trinajstić information content (AvgIpc) is 3.38. The number of likely N-dealkylation sites (N-methyl/N-ethyl adjacent to an activating group) is 1. The van der Waals surface area contributed by atoms with Gasteiger partial charge in [0, 0.05) is 31.1 Å². The summed E-state index contributed by atoms with van der Waals surface area (Å²) in [7, 11) is 1.67. The second kappa shape index (κ2) is 7.96. The van der Waals surface area contributed by atoms with Gasteiger partial charge in [-0.25, -0.2) is 0 Å². The lowest BCUT2D eigenvalue weighted by molar-refractivity contribution is -0.138. The van der Waals surface area contributed by atoms with Crippen LogP contribution >= 0.6 is 11.3 Å². The minimum absolute atomic E-state index is 0.0821. The first-order chi connectivity index (χ1) is 14.5. The van der Waals surface area contributed by atoms with Crippen LogP contribution < -0.4 is 5.32 Å². The number of rotatable bonds is 2. The van der Waals surface area contributed by atoms with Gasteiger partial charge in [0.15, 0.2) is 0 Å². The Labute approximate surface area is 181 Å². The van der Waals surface area contributed by atoms with Gasteiger partial charge in [-0.15, -0.1) is 11.3 Å². The number of nitrogens with one attached hydrogen (secondary N) is 1. The Morgan fingerprint density at radius 2 is 1.87 bits per heavy atom. The fourth-order valence-electron chi connectivity index (χ4n) is 5.62. The third-order valence-electron chi connectivity index (χ3n) is 7.21. The molecule has 1 atom stereocenters. The number of carbonyl (C=O) groups excluding carboxylic acids is 3. The largest absolute Gasteiger partial charge is 0.337 e. The van der Waals surface area contributed by atoms with Crippen molar-refractivity contribution in [3.05, 3.63) is 16.0 Å². The van der Waals surface area contributed by atoms with E-state index in [1.807, 2.05) is 4.90 Å². The molecule has 1 unspecified atom stereocenters. The molecule has 1 saturated carbocycles. The molecule has 1 aliphatic carbocycles. The average molecular weight is 431 g/mol. The summed E-state index contributed by atoms with van der Waals surface area (Å²) in [6, 6.07) is 0.674. The third kappa shape index (κ3) is 3.54. The molecule has 5 rings (SSSR count). The molecule has 8 heteroatoms. The van der Waals surface area contributed by atoms with E-state index in [0.29, 0.717) is 36.1 Å². The predicted octanol–water partition coefficient (Wildman–Crippen LogP) is 2.31. The van der Waals surface area contributed by atoms with Crippen LogP contribution in [0.1, 0.15) is 59.3 Å². The summed E-state index contributed by atoms with van der Waals surface area (Å²) in [6.45, 7) is 3.32. The smallest absolute Gasteiger partial charge is 0.257 e. The monoisotopic (exact) mass is 430 g/mol. The second-order valence-electron chi connectivity index (χ2n) is 9.20. The molecule has 1 saturated heterocycles. The molecule has 30 heavy (non-hydrogen) atoms. The molecule has 0 aromatic carbocycles. The Balaban J connectivity index is 1.31. The zero-order valence-corrected chi connectivity index (χ0v) is 18.4. The van der Waals surface area contributed by atoms with Crippen LogP contribution in [0.2, 0.25) is 0 Å². The summed E-state index contributed by atoms with van der Waals surface area (Å²) in [5.41, 5.74) is 1.66. The molecule has 1 aromatic heterocycles. The van der Waals surface area contributed by atoms with Crippen LogP contribution in [0.4, 0.5) is 5.00 Å². The maximum Gasteiger partial charge on any atom is 0.257 e. The molecule has 7 nitrogen and oxygen atoms in total. The minimum Gasteiger partial charge on any atom is -0.337 e. The van der Waals surface area contributed by atoms with Crippen molar-refractivity contribution in [2.75, 3.05) is 38.5 Å². The fourth-order valence-corrected chi connectivity index (χ4v) is 6.89. The molecular formula is C22H30N4O3S. The third-order valence-corrected chi connectivity index (χ3v) is 8.34. The summed E-state index contributed by atoms with van der Waals surface area (Å²) in [6.07, 6.45) is 7.97. The van der Waals surface area contributed by atoms with Crippen LogP contribution in [-0.4, -0.2) is 71.7 Å². The number of hydrogen-bond acceptors (Lipinski definition) is 5. The first kappa shape index (κ1) is 20.0. The summed E-state index contributed by atoms with van der Waals surface area (Å²) in [5.74, 6) is 0.0935. The van der Waals surface area contributed by atoms with Crippen molar-refractivity contribution in [2.24, 2.45) is 5.92 Å². The molecule has 1 aromatic rings. The SMILES string of the molecule is CN1CC(=O)Nc2sc3c(c2C1=O)CCN(C(=O)C1CCCN(C2CCCC2)C1)C3. The quantitative estimate of drug-likeness (QED) is 0.782. The predicted molar refractivity (Wildman–Crippen MR) is 116 cm³/mol. The van der Waals surface area contributed by atoms with Gasteiger partial charge < -0.3 is 15.1 Å². The molecule has 162 valence electrons. The molecule has 2 fully saturated rings. The lowest BCUT2D eigenvalue weighted by Crippen LogP contribution is -2.48. The Kier molecular flexibility index (Phi) is 5.31. The van der Waals surface area contributed by atoms with E-state index in [0.717, 1.165) is 36.4 Å². The molecule has 0 bridgehead atoms. The van der Waals surface area contributed by atoms with Gasteiger partial charge in [-0.3, -0.25) is 19.3 Å². The van der Waals surface area contributed by atoms with E-state index in [4.69, 9.17) is 0 Å². The van der Waals surface area contributed by atoms with Gasteiger partial charge in [-0.1, -0.05) is 12.8 Å². The summed E-state index contributed by atoms with van der Waals surface area (Å²) in [4.78, 5) is 45.3. The van der Waals surface area contributed by atoms with E-state index in [9.17, 15) is 14.4 Å². The van der Waals surface area contributed by atoms with Crippen LogP contribution in [0.25, 0.3) is 0 Å². The van der Waals surface area contributed by atoms with Gasteiger partial charge in [-0.2, -0.15) is 0 Å².